The molecule has 2 aliphatic heterocycles. The molecule has 5 aromatic rings. The molecule has 0 radical (unpaired) electrons. The normalized spacial score (nSPS) is 16.6. The Morgan fingerprint density at radius 3 is 1.95 bits per heavy atom. The van der Waals surface area contributed by atoms with Crippen LogP contribution in [0.4, 0.5) is 23.0 Å². The van der Waals surface area contributed by atoms with Gasteiger partial charge in [0, 0.05) is 28.4 Å². The van der Waals surface area contributed by atoms with Crippen molar-refractivity contribution in [3.8, 4) is 22.5 Å². The second-order valence-electron chi connectivity index (χ2n) is 9.69. The van der Waals surface area contributed by atoms with Crippen molar-refractivity contribution in [2.24, 2.45) is 0 Å². The van der Waals surface area contributed by atoms with Crippen LogP contribution in [0.15, 0.2) is 133 Å². The van der Waals surface area contributed by atoms with Crippen LogP contribution in [0.1, 0.15) is 5.56 Å². The van der Waals surface area contributed by atoms with Crippen molar-refractivity contribution in [3.63, 3.8) is 0 Å². The van der Waals surface area contributed by atoms with E-state index in [9.17, 15) is 0 Å². The van der Waals surface area contributed by atoms with E-state index < -0.39 is 0 Å². The third kappa shape index (κ3) is 3.07. The Bertz CT molecular complexity index is 1760. The van der Waals surface area contributed by atoms with Gasteiger partial charge in [0.1, 0.15) is 17.4 Å². The summed E-state index contributed by atoms with van der Waals surface area (Å²) in [5, 5.41) is 0. The molecule has 4 heteroatoms. The van der Waals surface area contributed by atoms with Crippen molar-refractivity contribution in [1.29, 1.82) is 0 Å². The zero-order valence-corrected chi connectivity index (χ0v) is 20.6. The molecule has 1 unspecified atom stereocenters. The van der Waals surface area contributed by atoms with Crippen molar-refractivity contribution in [1.82, 2.24) is 14.5 Å². The summed E-state index contributed by atoms with van der Waals surface area (Å²) in [7, 11) is 0. The standard InChI is InChI=1S/C34H23N4/c1-3-12-23(13-4-1)27-22-28(24-14-5-2-6-15-24)36-34(35-27)38-31-20-10-9-19-30(31)37-29-18-8-7-16-25(29)26-17-11-21-32(38)33(26)37/h1-22,33H/q+1. The SMILES string of the molecule is C1=CC2=[N+](c3nc(-c4ccccc4)cc(-c4ccccc4)n3)c3ccccc3N3c4ccccc4C(=C1)C23. The second kappa shape index (κ2) is 8.22. The van der Waals surface area contributed by atoms with Gasteiger partial charge in [0.25, 0.3) is 0 Å². The third-order valence-electron chi connectivity index (χ3n) is 7.54. The molecule has 4 aromatic carbocycles. The third-order valence-corrected chi connectivity index (χ3v) is 7.54. The van der Waals surface area contributed by atoms with Crippen LogP contribution in [-0.4, -0.2) is 21.7 Å². The number of aromatic nitrogens is 2. The summed E-state index contributed by atoms with van der Waals surface area (Å²) in [6.45, 7) is 0. The topological polar surface area (TPSA) is 32.0 Å². The molecule has 1 aliphatic carbocycles. The van der Waals surface area contributed by atoms with Crippen molar-refractivity contribution in [3.05, 3.63) is 139 Å². The molecular formula is C34H23N4+. The van der Waals surface area contributed by atoms with Gasteiger partial charge in [0.15, 0.2) is 11.4 Å². The van der Waals surface area contributed by atoms with Crippen LogP contribution in [0.5, 0.6) is 0 Å². The summed E-state index contributed by atoms with van der Waals surface area (Å²) < 4.78 is 2.25. The molecule has 1 atom stereocenters. The average molecular weight is 488 g/mol. The fourth-order valence-electron chi connectivity index (χ4n) is 5.90. The molecule has 1 aromatic heterocycles. The van der Waals surface area contributed by atoms with E-state index in [-0.39, 0.29) is 6.04 Å². The first-order chi connectivity index (χ1) is 18.9. The highest BCUT2D eigenvalue weighted by atomic mass is 15.3. The Balaban J connectivity index is 1.42. The maximum absolute atomic E-state index is 5.18. The number of fused-ring (bicyclic) bond motifs is 5. The Morgan fingerprint density at radius 2 is 1.24 bits per heavy atom. The molecule has 0 saturated carbocycles. The molecular weight excluding hydrogens is 464 g/mol. The lowest BCUT2D eigenvalue weighted by molar-refractivity contribution is 0.884. The second-order valence-corrected chi connectivity index (χ2v) is 9.69. The largest absolute Gasteiger partial charge is 0.439 e. The molecule has 0 N–H and O–H groups in total. The van der Waals surface area contributed by atoms with E-state index in [4.69, 9.17) is 9.97 Å². The lowest BCUT2D eigenvalue weighted by atomic mass is 9.92. The van der Waals surface area contributed by atoms with E-state index in [1.807, 2.05) is 12.1 Å². The summed E-state index contributed by atoms with van der Waals surface area (Å²) in [6, 6.07) is 40.1. The minimum absolute atomic E-state index is 0.0662. The number of hydrogen-bond acceptors (Lipinski definition) is 3. The summed E-state index contributed by atoms with van der Waals surface area (Å²) in [5.74, 6) is 0.675. The molecule has 0 fully saturated rings. The smallest absolute Gasteiger partial charge is 0.323 e. The van der Waals surface area contributed by atoms with Crippen molar-refractivity contribution < 1.29 is 0 Å². The van der Waals surface area contributed by atoms with E-state index in [1.54, 1.807) is 0 Å². The lowest BCUT2D eigenvalue weighted by Gasteiger charge is -2.35. The molecule has 0 spiro atoms. The number of hydrogen-bond donors (Lipinski definition) is 0. The Morgan fingerprint density at radius 1 is 0.632 bits per heavy atom. The van der Waals surface area contributed by atoms with Gasteiger partial charge in [-0.3, -0.25) is 0 Å². The van der Waals surface area contributed by atoms with Crippen molar-refractivity contribution in [2.75, 3.05) is 4.90 Å². The maximum atomic E-state index is 5.18. The zero-order valence-electron chi connectivity index (χ0n) is 20.6. The van der Waals surface area contributed by atoms with Crippen LogP contribution in [0, 0.1) is 0 Å². The van der Waals surface area contributed by atoms with E-state index in [2.05, 4.69) is 131 Å². The predicted octanol–water partition coefficient (Wildman–Crippen LogP) is 7.57. The lowest BCUT2D eigenvalue weighted by Crippen LogP contribution is -2.43. The van der Waals surface area contributed by atoms with Crippen LogP contribution in [-0.2, 0) is 0 Å². The Hall–Kier alpha value is -5.09. The highest BCUT2D eigenvalue weighted by Gasteiger charge is 2.45. The van der Waals surface area contributed by atoms with E-state index in [1.165, 1.54) is 16.8 Å². The Kier molecular flexibility index (Phi) is 4.55. The van der Waals surface area contributed by atoms with Gasteiger partial charge in [-0.2, -0.15) is 4.58 Å². The fourth-order valence-corrected chi connectivity index (χ4v) is 5.90. The summed E-state index contributed by atoms with van der Waals surface area (Å²) in [4.78, 5) is 12.8. The first-order valence-corrected chi connectivity index (χ1v) is 12.9. The minimum Gasteiger partial charge on any atom is -0.323 e. The number of nitrogens with zero attached hydrogens (tertiary/aromatic N) is 4. The Labute approximate surface area is 221 Å². The van der Waals surface area contributed by atoms with E-state index in [0.717, 1.165) is 39.6 Å². The zero-order chi connectivity index (χ0) is 25.1. The van der Waals surface area contributed by atoms with Gasteiger partial charge >= 0.3 is 5.95 Å². The fraction of sp³-hybridized carbons (Fsp3) is 0.0294. The maximum Gasteiger partial charge on any atom is 0.439 e. The van der Waals surface area contributed by atoms with Gasteiger partial charge in [-0.05, 0) is 29.8 Å². The number of allylic oxidation sites excluding steroid dienone is 2. The van der Waals surface area contributed by atoms with E-state index >= 15 is 0 Å². The van der Waals surface area contributed by atoms with Crippen molar-refractivity contribution >= 4 is 34.3 Å². The predicted molar refractivity (Wildman–Crippen MR) is 155 cm³/mol. The summed E-state index contributed by atoms with van der Waals surface area (Å²) in [6.07, 6.45) is 6.61. The number of rotatable bonds is 3. The molecule has 178 valence electrons. The molecule has 38 heavy (non-hydrogen) atoms. The van der Waals surface area contributed by atoms with Gasteiger partial charge in [-0.25, -0.2) is 0 Å². The molecule has 8 rings (SSSR count). The number of para-hydroxylation sites is 3. The van der Waals surface area contributed by atoms with Gasteiger partial charge in [-0.1, -0.05) is 113 Å². The van der Waals surface area contributed by atoms with Crippen LogP contribution in [0.25, 0.3) is 28.1 Å². The van der Waals surface area contributed by atoms with Crippen LogP contribution in [0.3, 0.4) is 0 Å². The molecule has 3 heterocycles. The highest BCUT2D eigenvalue weighted by Crippen LogP contribution is 2.51. The average Bonchev–Trinajstić information content (AvgIpc) is 3.34. The molecule has 4 nitrogen and oxygen atoms in total. The molecule has 0 amide bonds. The van der Waals surface area contributed by atoms with Gasteiger partial charge in [-0.15, -0.1) is 0 Å². The summed E-state index contributed by atoms with van der Waals surface area (Å²) in [5.41, 5.74) is 11.1. The van der Waals surface area contributed by atoms with Crippen molar-refractivity contribution in [2.45, 2.75) is 6.04 Å². The highest BCUT2D eigenvalue weighted by molar-refractivity contribution is 6.20. The number of benzene rings is 4. The van der Waals surface area contributed by atoms with E-state index in [0.29, 0.717) is 5.95 Å². The molecule has 3 aliphatic rings. The van der Waals surface area contributed by atoms with Crippen LogP contribution in [0.2, 0.25) is 0 Å². The van der Waals surface area contributed by atoms with Gasteiger partial charge in [0.05, 0.1) is 5.69 Å². The minimum atomic E-state index is 0.0662. The number of anilines is 2. The van der Waals surface area contributed by atoms with Gasteiger partial charge < -0.3 is 4.90 Å². The van der Waals surface area contributed by atoms with Crippen LogP contribution >= 0.6 is 0 Å². The quantitative estimate of drug-likeness (QED) is 0.246. The molecule has 0 saturated heterocycles. The first kappa shape index (κ1) is 21.0. The monoisotopic (exact) mass is 487 g/mol. The summed E-state index contributed by atoms with van der Waals surface area (Å²) >= 11 is 0. The molecule has 0 bridgehead atoms. The first-order valence-electron chi connectivity index (χ1n) is 12.9. The van der Waals surface area contributed by atoms with Gasteiger partial charge in [0.2, 0.25) is 0 Å². The van der Waals surface area contributed by atoms with Crippen LogP contribution < -0.4 is 9.48 Å².